The van der Waals surface area contributed by atoms with Gasteiger partial charge in [0.2, 0.25) is 0 Å². The fraction of sp³-hybridized carbons (Fsp3) is 0.452. The van der Waals surface area contributed by atoms with Crippen LogP contribution >= 0.6 is 23.2 Å². The van der Waals surface area contributed by atoms with Crippen LogP contribution in [0.5, 0.6) is 0 Å². The number of amides is 2. The number of nitrogens with one attached hydrogen (secondary N) is 2. The van der Waals surface area contributed by atoms with Gasteiger partial charge in [-0.2, -0.15) is 0 Å². The van der Waals surface area contributed by atoms with Gasteiger partial charge in [0, 0.05) is 0 Å². The van der Waals surface area contributed by atoms with E-state index in [0.29, 0.717) is 38.8 Å². The maximum atomic E-state index is 13.3. The Morgan fingerprint density at radius 2 is 0.955 bits per heavy atom. The second kappa shape index (κ2) is 20.4. The zero-order valence-corrected chi connectivity index (χ0v) is 25.9. The number of carbonyl (C=O) groups is 5. The summed E-state index contributed by atoms with van der Waals surface area (Å²) in [6, 6.07) is 15.5. The first-order chi connectivity index (χ1) is 21.2. The van der Waals surface area contributed by atoms with Crippen molar-refractivity contribution in [3.63, 3.8) is 0 Å². The molecule has 2 rings (SSSR count). The van der Waals surface area contributed by atoms with Gasteiger partial charge < -0.3 is 31.6 Å². The van der Waals surface area contributed by atoms with Gasteiger partial charge in [-0.15, -0.1) is 23.2 Å². The topological polar surface area (TPSA) is 180 Å². The first-order valence-corrected chi connectivity index (χ1v) is 15.3. The van der Waals surface area contributed by atoms with E-state index < -0.39 is 52.4 Å². The fourth-order valence-electron chi connectivity index (χ4n) is 4.13. The lowest BCUT2D eigenvalue weighted by Gasteiger charge is -2.23. The van der Waals surface area contributed by atoms with E-state index in [2.05, 4.69) is 10.6 Å². The van der Waals surface area contributed by atoms with Gasteiger partial charge in [0.25, 0.3) is 0 Å². The van der Waals surface area contributed by atoms with Crippen LogP contribution in [0, 0.1) is 0 Å². The van der Waals surface area contributed by atoms with Gasteiger partial charge in [-0.05, 0) is 62.7 Å². The van der Waals surface area contributed by atoms with Crippen LogP contribution in [0.1, 0.15) is 49.7 Å². The number of benzene rings is 2. The Morgan fingerprint density at radius 3 is 1.30 bits per heavy atom. The minimum Gasteiger partial charge on any atom is -0.445 e. The minimum atomic E-state index is -1.85. The number of unbranched alkanes of at least 4 members (excludes halogenated alkanes) is 2. The molecule has 6 N–H and O–H groups in total. The molecule has 240 valence electrons. The molecule has 2 aromatic carbocycles. The number of alkyl halides is 2. The van der Waals surface area contributed by atoms with Crippen molar-refractivity contribution < 1.29 is 33.4 Å². The standard InChI is InChI=1S/C31H40Cl2N4O7/c32-25(27(38)23(15-7-9-17-34)36-30(41)43-19-21-11-3-1-4-12-21)29(40)26(33)28(39)24(16-8-10-18-35)37-31(42)44-20-22-13-5-2-6-14-22/h1-6,11-14,23-26H,7-10,15-20,34-35H2,(H,36,41)(H,37,42)/t23-,24-,25?,26?/m0/s1. The number of hydrogen-bond donors (Lipinski definition) is 4. The summed E-state index contributed by atoms with van der Waals surface area (Å²) in [5.41, 5.74) is 12.6. The summed E-state index contributed by atoms with van der Waals surface area (Å²) in [6.07, 6.45) is 0.503. The number of ketones is 3. The van der Waals surface area contributed by atoms with E-state index in [0.717, 1.165) is 11.1 Å². The van der Waals surface area contributed by atoms with E-state index in [4.69, 9.17) is 44.1 Å². The number of halogens is 2. The highest BCUT2D eigenvalue weighted by Crippen LogP contribution is 2.17. The van der Waals surface area contributed by atoms with Crippen LogP contribution in [0.2, 0.25) is 0 Å². The Labute approximate surface area is 267 Å². The monoisotopic (exact) mass is 650 g/mol. The summed E-state index contributed by atoms with van der Waals surface area (Å²) in [5, 5.41) is 1.21. The molecule has 0 bridgehead atoms. The average Bonchev–Trinajstić information content (AvgIpc) is 3.04. The van der Waals surface area contributed by atoms with Gasteiger partial charge >= 0.3 is 12.2 Å². The summed E-state index contributed by atoms with van der Waals surface area (Å²) in [4.78, 5) is 64.6. The van der Waals surface area contributed by atoms with Crippen LogP contribution in [0.4, 0.5) is 9.59 Å². The number of nitrogens with two attached hydrogens (primary N) is 2. The highest BCUT2D eigenvalue weighted by Gasteiger charge is 2.40. The highest BCUT2D eigenvalue weighted by atomic mass is 35.5. The van der Waals surface area contributed by atoms with Gasteiger partial charge in [0.05, 0.1) is 12.1 Å². The minimum absolute atomic E-state index is 0.0375. The van der Waals surface area contributed by atoms with Gasteiger partial charge in [-0.25, -0.2) is 9.59 Å². The van der Waals surface area contributed by atoms with E-state index in [-0.39, 0.29) is 26.1 Å². The quantitative estimate of drug-likeness (QED) is 0.0942. The predicted octanol–water partition coefficient (Wildman–Crippen LogP) is 3.76. The Morgan fingerprint density at radius 1 is 0.591 bits per heavy atom. The molecule has 0 spiro atoms. The van der Waals surface area contributed by atoms with Crippen molar-refractivity contribution in [1.82, 2.24) is 10.6 Å². The molecule has 2 amide bonds. The van der Waals surface area contributed by atoms with Crippen LogP contribution in [0.15, 0.2) is 60.7 Å². The van der Waals surface area contributed by atoms with Gasteiger partial charge in [0.15, 0.2) is 28.1 Å². The molecule has 11 nitrogen and oxygen atoms in total. The van der Waals surface area contributed by atoms with E-state index in [1.165, 1.54) is 0 Å². The molecule has 0 saturated heterocycles. The number of carbonyl (C=O) groups excluding carboxylic acids is 5. The molecule has 2 unspecified atom stereocenters. The summed E-state index contributed by atoms with van der Waals surface area (Å²) in [6.45, 7) is 0.634. The summed E-state index contributed by atoms with van der Waals surface area (Å²) < 4.78 is 10.4. The van der Waals surface area contributed by atoms with Crippen molar-refractivity contribution in [2.75, 3.05) is 13.1 Å². The summed E-state index contributed by atoms with van der Waals surface area (Å²) in [5.74, 6) is -2.77. The number of hydrogen-bond acceptors (Lipinski definition) is 9. The van der Waals surface area contributed by atoms with Gasteiger partial charge in [0.1, 0.15) is 13.2 Å². The molecular weight excluding hydrogens is 611 g/mol. The third-order valence-corrected chi connectivity index (χ3v) is 7.45. The maximum absolute atomic E-state index is 13.3. The Bertz CT molecular complexity index is 1110. The Kier molecular flexibility index (Phi) is 17.0. The largest absolute Gasteiger partial charge is 0.445 e. The van der Waals surface area contributed by atoms with Crippen LogP contribution in [-0.2, 0) is 37.1 Å². The second-order valence-corrected chi connectivity index (χ2v) is 10.9. The average molecular weight is 652 g/mol. The molecule has 13 heteroatoms. The van der Waals surface area contributed by atoms with E-state index in [1.807, 2.05) is 12.1 Å². The molecule has 0 heterocycles. The second-order valence-electron chi connectivity index (χ2n) is 10.0. The van der Waals surface area contributed by atoms with Crippen LogP contribution in [0.3, 0.4) is 0 Å². The lowest BCUT2D eigenvalue weighted by atomic mass is 9.96. The summed E-state index contributed by atoms with van der Waals surface area (Å²) >= 11 is 12.5. The maximum Gasteiger partial charge on any atom is 0.408 e. The van der Waals surface area contributed by atoms with Crippen molar-refractivity contribution in [1.29, 1.82) is 0 Å². The van der Waals surface area contributed by atoms with Crippen molar-refractivity contribution in [2.24, 2.45) is 11.5 Å². The van der Waals surface area contributed by atoms with Gasteiger partial charge in [-0.1, -0.05) is 60.7 Å². The van der Waals surface area contributed by atoms with Crippen molar-refractivity contribution in [3.8, 4) is 0 Å². The number of alkyl carbamates (subject to hydrolysis) is 2. The zero-order valence-electron chi connectivity index (χ0n) is 24.4. The van der Waals surface area contributed by atoms with E-state index >= 15 is 0 Å². The number of Topliss-reactive ketones (excluding diaryl/α,β-unsaturated/α-hetero) is 3. The Hall–Kier alpha value is -3.51. The fourth-order valence-corrected chi connectivity index (χ4v) is 4.75. The number of rotatable bonds is 20. The first kappa shape index (κ1) is 36.7. The molecule has 44 heavy (non-hydrogen) atoms. The molecule has 4 atom stereocenters. The normalized spacial score (nSPS) is 13.5. The molecule has 0 fully saturated rings. The lowest BCUT2D eigenvalue weighted by Crippen LogP contribution is -2.51. The summed E-state index contributed by atoms with van der Waals surface area (Å²) in [7, 11) is 0. The van der Waals surface area contributed by atoms with Gasteiger partial charge in [-0.3, -0.25) is 14.4 Å². The highest BCUT2D eigenvalue weighted by molar-refractivity contribution is 6.52. The van der Waals surface area contributed by atoms with E-state index in [9.17, 15) is 24.0 Å². The number of ether oxygens (including phenoxy) is 2. The molecule has 0 radical (unpaired) electrons. The SMILES string of the molecule is NCCCC[C@H](NC(=O)OCc1ccccc1)C(=O)C(Cl)C(=O)C(Cl)C(=O)[C@H](CCCCN)NC(=O)OCc1ccccc1. The van der Waals surface area contributed by atoms with Crippen LogP contribution in [0.25, 0.3) is 0 Å². The molecule has 0 aliphatic rings. The van der Waals surface area contributed by atoms with Crippen molar-refractivity contribution in [2.45, 2.75) is 74.6 Å². The third-order valence-electron chi connectivity index (χ3n) is 6.59. The third kappa shape index (κ3) is 13.0. The van der Waals surface area contributed by atoms with E-state index in [1.54, 1.807) is 48.5 Å². The molecule has 2 aromatic rings. The zero-order chi connectivity index (χ0) is 32.3. The van der Waals surface area contributed by atoms with Crippen molar-refractivity contribution >= 4 is 52.7 Å². The van der Waals surface area contributed by atoms with Crippen LogP contribution in [-0.4, -0.2) is 65.5 Å². The molecular formula is C31H40Cl2N4O7. The Balaban J connectivity index is 2.06. The molecule has 0 aliphatic carbocycles. The molecule has 0 saturated carbocycles. The first-order valence-electron chi connectivity index (χ1n) is 14.4. The molecule has 0 aliphatic heterocycles. The molecule has 0 aromatic heterocycles. The predicted molar refractivity (Wildman–Crippen MR) is 167 cm³/mol. The van der Waals surface area contributed by atoms with Crippen LogP contribution < -0.4 is 22.1 Å². The van der Waals surface area contributed by atoms with Crippen molar-refractivity contribution in [3.05, 3.63) is 71.8 Å². The smallest absolute Gasteiger partial charge is 0.408 e. The lowest BCUT2D eigenvalue weighted by molar-refractivity contribution is -0.130.